The summed E-state index contributed by atoms with van der Waals surface area (Å²) in [5.74, 6) is -7.24. The van der Waals surface area contributed by atoms with Gasteiger partial charge in [-0.15, -0.1) is 0 Å². The van der Waals surface area contributed by atoms with Crippen LogP contribution in [0.4, 0.5) is 8.78 Å². The first-order chi connectivity index (χ1) is 7.93. The number of benzene rings is 1. The number of Topliss-reactive ketones (excluding diaryl/α,β-unsaturated/α-hetero) is 1. The molecule has 0 heterocycles. The first-order valence-electron chi connectivity index (χ1n) is 4.58. The van der Waals surface area contributed by atoms with Gasteiger partial charge in [0.2, 0.25) is 5.78 Å². The molecule has 0 aromatic heterocycles. The molecule has 0 amide bonds. The zero-order valence-corrected chi connectivity index (χ0v) is 9.20. The van der Waals surface area contributed by atoms with Gasteiger partial charge >= 0.3 is 11.9 Å². The zero-order valence-electron chi connectivity index (χ0n) is 9.20. The predicted molar refractivity (Wildman–Crippen MR) is 54.3 cm³/mol. The van der Waals surface area contributed by atoms with Crippen LogP contribution in [-0.4, -0.2) is 31.9 Å². The van der Waals surface area contributed by atoms with Crippen molar-refractivity contribution in [2.45, 2.75) is 5.92 Å². The summed E-state index contributed by atoms with van der Waals surface area (Å²) in [5.41, 5.74) is -0.291. The Bertz CT molecular complexity index is 426. The van der Waals surface area contributed by atoms with Gasteiger partial charge in [0.05, 0.1) is 14.2 Å². The zero-order chi connectivity index (χ0) is 13.1. The Morgan fingerprint density at radius 3 is 2.06 bits per heavy atom. The molecule has 17 heavy (non-hydrogen) atoms. The Hall–Kier alpha value is -1.98. The number of methoxy groups -OCH3 is 2. The van der Waals surface area contributed by atoms with E-state index >= 15 is 0 Å². The predicted octanol–water partition coefficient (Wildman–Crippen LogP) is 1.69. The average Bonchev–Trinajstić information content (AvgIpc) is 2.36. The highest BCUT2D eigenvalue weighted by molar-refractivity contribution is 6.13. The Kier molecular flexibility index (Phi) is 3.77. The number of rotatable bonds is 4. The van der Waals surface area contributed by atoms with Crippen LogP contribution < -0.4 is 4.74 Å². The minimum atomic E-state index is -4.18. The normalized spacial score (nSPS) is 10.8. The standard InChI is InChI=1S/C11H10F2O4/c1-16-8-5-3-7(4-6-8)9(14)11(12,13)10(15)17-2/h3-6H,1-2H3. The van der Waals surface area contributed by atoms with Gasteiger partial charge in [-0.2, -0.15) is 8.78 Å². The van der Waals surface area contributed by atoms with Crippen molar-refractivity contribution in [3.8, 4) is 5.75 Å². The van der Waals surface area contributed by atoms with Crippen LogP contribution >= 0.6 is 0 Å². The molecule has 0 N–H and O–H groups in total. The van der Waals surface area contributed by atoms with E-state index in [0.717, 1.165) is 19.2 Å². The molecule has 92 valence electrons. The molecule has 0 saturated heterocycles. The van der Waals surface area contributed by atoms with E-state index in [2.05, 4.69) is 4.74 Å². The highest BCUT2D eigenvalue weighted by Crippen LogP contribution is 2.23. The fourth-order valence-corrected chi connectivity index (χ4v) is 1.14. The van der Waals surface area contributed by atoms with Crippen LogP contribution in [0.3, 0.4) is 0 Å². The van der Waals surface area contributed by atoms with Crippen LogP contribution in [0.25, 0.3) is 0 Å². The summed E-state index contributed by atoms with van der Waals surface area (Å²) in [4.78, 5) is 22.1. The summed E-state index contributed by atoms with van der Waals surface area (Å²) in [5, 5.41) is 0. The number of carbonyl (C=O) groups excluding carboxylic acids is 2. The van der Waals surface area contributed by atoms with Crippen LogP contribution in [0.15, 0.2) is 24.3 Å². The van der Waals surface area contributed by atoms with Crippen molar-refractivity contribution in [3.05, 3.63) is 29.8 Å². The molecule has 0 aliphatic carbocycles. The molecule has 0 saturated carbocycles. The van der Waals surface area contributed by atoms with Crippen LogP contribution in [0.2, 0.25) is 0 Å². The smallest absolute Gasteiger partial charge is 0.404 e. The minimum Gasteiger partial charge on any atom is -0.497 e. The summed E-state index contributed by atoms with van der Waals surface area (Å²) in [7, 11) is 2.19. The molecule has 1 rings (SSSR count). The third kappa shape index (κ3) is 2.58. The highest BCUT2D eigenvalue weighted by atomic mass is 19.3. The van der Waals surface area contributed by atoms with E-state index in [1.807, 2.05) is 0 Å². The molecule has 0 unspecified atom stereocenters. The molecule has 0 bridgehead atoms. The summed E-state index contributed by atoms with van der Waals surface area (Å²) < 4.78 is 35.1. The Morgan fingerprint density at radius 1 is 1.12 bits per heavy atom. The molecular formula is C11H10F2O4. The summed E-state index contributed by atoms with van der Waals surface area (Å²) in [6.45, 7) is 0. The molecule has 0 aliphatic heterocycles. The van der Waals surface area contributed by atoms with Crippen LogP contribution in [-0.2, 0) is 9.53 Å². The third-order valence-corrected chi connectivity index (χ3v) is 2.08. The molecular weight excluding hydrogens is 234 g/mol. The van der Waals surface area contributed by atoms with Crippen LogP contribution in [0.5, 0.6) is 5.75 Å². The van der Waals surface area contributed by atoms with E-state index in [-0.39, 0.29) is 5.56 Å². The topological polar surface area (TPSA) is 52.6 Å². The van der Waals surface area contributed by atoms with Crippen molar-refractivity contribution in [3.63, 3.8) is 0 Å². The van der Waals surface area contributed by atoms with Crippen molar-refractivity contribution < 1.29 is 27.8 Å². The van der Waals surface area contributed by atoms with Gasteiger partial charge in [0.25, 0.3) is 0 Å². The van der Waals surface area contributed by atoms with E-state index in [0.29, 0.717) is 5.75 Å². The summed E-state index contributed by atoms with van der Waals surface area (Å²) >= 11 is 0. The van der Waals surface area contributed by atoms with Crippen molar-refractivity contribution in [1.29, 1.82) is 0 Å². The monoisotopic (exact) mass is 244 g/mol. The molecule has 6 heteroatoms. The van der Waals surface area contributed by atoms with Crippen molar-refractivity contribution in [2.24, 2.45) is 0 Å². The summed E-state index contributed by atoms with van der Waals surface area (Å²) in [6.07, 6.45) is 0. The van der Waals surface area contributed by atoms with Gasteiger partial charge in [0.1, 0.15) is 5.75 Å². The van der Waals surface area contributed by atoms with E-state index in [9.17, 15) is 18.4 Å². The minimum absolute atomic E-state index is 0.291. The van der Waals surface area contributed by atoms with Crippen molar-refractivity contribution in [1.82, 2.24) is 0 Å². The molecule has 1 aromatic rings. The van der Waals surface area contributed by atoms with Crippen molar-refractivity contribution >= 4 is 11.8 Å². The molecule has 0 fully saturated rings. The number of ketones is 1. The molecule has 0 spiro atoms. The molecule has 0 aliphatic rings. The highest BCUT2D eigenvalue weighted by Gasteiger charge is 2.48. The van der Waals surface area contributed by atoms with Gasteiger partial charge in [-0.3, -0.25) is 4.79 Å². The molecule has 1 aromatic carbocycles. The van der Waals surface area contributed by atoms with Gasteiger partial charge in [-0.1, -0.05) is 0 Å². The Morgan fingerprint density at radius 2 is 1.65 bits per heavy atom. The summed E-state index contributed by atoms with van der Waals surface area (Å²) in [6, 6.07) is 5.00. The van der Waals surface area contributed by atoms with Gasteiger partial charge in [0.15, 0.2) is 0 Å². The fraction of sp³-hybridized carbons (Fsp3) is 0.273. The number of alkyl halides is 2. The van der Waals surface area contributed by atoms with Crippen LogP contribution in [0, 0.1) is 0 Å². The number of hydrogen-bond donors (Lipinski definition) is 0. The van der Waals surface area contributed by atoms with Gasteiger partial charge in [-0.25, -0.2) is 4.79 Å². The van der Waals surface area contributed by atoms with Gasteiger partial charge in [0, 0.05) is 5.56 Å². The van der Waals surface area contributed by atoms with E-state index in [1.54, 1.807) is 0 Å². The Balaban J connectivity index is 2.99. The molecule has 0 atom stereocenters. The number of ether oxygens (including phenoxy) is 2. The second-order valence-electron chi connectivity index (χ2n) is 3.12. The second-order valence-corrected chi connectivity index (χ2v) is 3.12. The van der Waals surface area contributed by atoms with Crippen LogP contribution in [0.1, 0.15) is 10.4 Å². The number of hydrogen-bond acceptors (Lipinski definition) is 4. The maximum atomic E-state index is 13.2. The average molecular weight is 244 g/mol. The quantitative estimate of drug-likeness (QED) is 0.459. The Labute approximate surface area is 96.1 Å². The maximum Gasteiger partial charge on any atom is 0.404 e. The fourth-order valence-electron chi connectivity index (χ4n) is 1.14. The van der Waals surface area contributed by atoms with E-state index in [4.69, 9.17) is 4.74 Å². The molecule has 4 nitrogen and oxygen atoms in total. The lowest BCUT2D eigenvalue weighted by atomic mass is 10.1. The number of halogens is 2. The maximum absolute atomic E-state index is 13.2. The lowest BCUT2D eigenvalue weighted by molar-refractivity contribution is -0.161. The lowest BCUT2D eigenvalue weighted by Gasteiger charge is -2.12. The number of esters is 1. The van der Waals surface area contributed by atoms with Gasteiger partial charge < -0.3 is 9.47 Å². The largest absolute Gasteiger partial charge is 0.497 e. The van der Waals surface area contributed by atoms with E-state index < -0.39 is 17.7 Å². The van der Waals surface area contributed by atoms with Crippen molar-refractivity contribution in [2.75, 3.05) is 14.2 Å². The first kappa shape index (κ1) is 13.1. The SMILES string of the molecule is COC(=O)C(F)(F)C(=O)c1ccc(OC)cc1. The second kappa shape index (κ2) is 4.90. The third-order valence-electron chi connectivity index (χ3n) is 2.08. The lowest BCUT2D eigenvalue weighted by Crippen LogP contribution is -2.38. The van der Waals surface area contributed by atoms with E-state index in [1.165, 1.54) is 19.2 Å². The first-order valence-corrected chi connectivity index (χ1v) is 4.58. The number of carbonyl (C=O) groups is 2. The van der Waals surface area contributed by atoms with Gasteiger partial charge in [-0.05, 0) is 24.3 Å². The molecule has 0 radical (unpaired) electrons.